The summed E-state index contributed by atoms with van der Waals surface area (Å²) in [6.45, 7) is 5.67. The van der Waals surface area contributed by atoms with E-state index < -0.39 is 0 Å². The zero-order valence-electron chi connectivity index (χ0n) is 14.2. The van der Waals surface area contributed by atoms with Crippen LogP contribution >= 0.6 is 11.6 Å². The molecule has 1 N–H and O–H groups in total. The molecule has 5 nitrogen and oxygen atoms in total. The molecule has 1 amide bonds. The number of carbonyl (C=O) groups excluding carboxylic acids is 1. The Balaban J connectivity index is 1.57. The zero-order chi connectivity index (χ0) is 17.1. The second-order valence-corrected chi connectivity index (χ2v) is 6.72. The molecule has 3 rings (SSSR count). The molecule has 0 aliphatic carbocycles. The van der Waals surface area contributed by atoms with Gasteiger partial charge in [-0.15, -0.1) is 0 Å². The summed E-state index contributed by atoms with van der Waals surface area (Å²) >= 11 is 6.13. The average molecular weight is 347 g/mol. The van der Waals surface area contributed by atoms with Crippen LogP contribution in [0.15, 0.2) is 24.3 Å². The van der Waals surface area contributed by atoms with Gasteiger partial charge in [0.15, 0.2) is 0 Å². The van der Waals surface area contributed by atoms with E-state index in [1.165, 1.54) is 36.2 Å². The molecule has 0 radical (unpaired) electrons. The van der Waals surface area contributed by atoms with Gasteiger partial charge in [0.1, 0.15) is 5.15 Å². The van der Waals surface area contributed by atoms with E-state index in [1.807, 2.05) is 0 Å². The summed E-state index contributed by atoms with van der Waals surface area (Å²) in [5.74, 6) is -0.188. The lowest BCUT2D eigenvalue weighted by molar-refractivity contribution is 0.0950. The lowest BCUT2D eigenvalue weighted by Crippen LogP contribution is -2.23. The van der Waals surface area contributed by atoms with Crippen LogP contribution < -0.4 is 5.32 Å². The van der Waals surface area contributed by atoms with Gasteiger partial charge in [0.25, 0.3) is 5.91 Å². The van der Waals surface area contributed by atoms with Crippen molar-refractivity contribution >= 4 is 17.5 Å². The lowest BCUT2D eigenvalue weighted by atomic mass is 10.1. The van der Waals surface area contributed by atoms with Gasteiger partial charge in [0.2, 0.25) is 0 Å². The molecular weight excluding hydrogens is 324 g/mol. The first kappa shape index (κ1) is 17.0. The summed E-state index contributed by atoms with van der Waals surface area (Å²) in [5.41, 5.74) is 3.48. The van der Waals surface area contributed by atoms with E-state index in [4.69, 9.17) is 11.6 Å². The molecule has 0 bridgehead atoms. The minimum absolute atomic E-state index is 0.188. The van der Waals surface area contributed by atoms with Gasteiger partial charge in [-0.1, -0.05) is 35.9 Å². The highest BCUT2D eigenvalue weighted by atomic mass is 35.5. The Kier molecular flexibility index (Phi) is 5.21. The number of halogens is 1. The molecule has 0 atom stereocenters. The van der Waals surface area contributed by atoms with Crippen molar-refractivity contribution in [1.82, 2.24) is 20.0 Å². The normalized spacial score (nSPS) is 15.0. The highest BCUT2D eigenvalue weighted by molar-refractivity contribution is 6.33. The Morgan fingerprint density at radius 2 is 1.83 bits per heavy atom. The van der Waals surface area contributed by atoms with Crippen molar-refractivity contribution in [3.63, 3.8) is 0 Å². The molecule has 1 fully saturated rings. The number of hydrogen-bond acceptors (Lipinski definition) is 3. The molecule has 128 valence electrons. The monoisotopic (exact) mass is 346 g/mol. The third-order valence-electron chi connectivity index (χ3n) is 4.46. The third kappa shape index (κ3) is 3.79. The number of hydrogen-bond donors (Lipinski definition) is 1. The fourth-order valence-electron chi connectivity index (χ4n) is 3.12. The Bertz CT molecular complexity index is 717. The third-order valence-corrected chi connectivity index (χ3v) is 4.89. The van der Waals surface area contributed by atoms with Gasteiger partial charge in [-0.3, -0.25) is 14.4 Å². The largest absolute Gasteiger partial charge is 0.348 e. The van der Waals surface area contributed by atoms with Crippen molar-refractivity contribution < 1.29 is 4.79 Å². The van der Waals surface area contributed by atoms with Crippen LogP contribution in [0.25, 0.3) is 0 Å². The number of nitrogens with one attached hydrogen (secondary N) is 1. The molecule has 1 saturated heterocycles. The van der Waals surface area contributed by atoms with Crippen LogP contribution in [0.1, 0.15) is 40.0 Å². The van der Waals surface area contributed by atoms with Crippen molar-refractivity contribution in [2.75, 3.05) is 13.1 Å². The SMILES string of the molecule is Cc1nn(C)c(Cl)c1C(=O)NCc1ccc(CN2CCCC2)cc1. The van der Waals surface area contributed by atoms with Gasteiger partial charge < -0.3 is 5.32 Å². The Morgan fingerprint density at radius 3 is 2.42 bits per heavy atom. The standard InChI is InChI=1S/C18H23ClN4O/c1-13-16(17(19)22(2)21-13)18(24)20-11-14-5-7-15(8-6-14)12-23-9-3-4-10-23/h5-8H,3-4,9-12H2,1-2H3,(H,20,24). The quantitative estimate of drug-likeness (QED) is 0.905. The van der Waals surface area contributed by atoms with Crippen LogP contribution in [0.5, 0.6) is 0 Å². The molecule has 1 aliphatic heterocycles. The molecule has 2 aromatic rings. The predicted molar refractivity (Wildman–Crippen MR) is 95.1 cm³/mol. The molecule has 1 aromatic heterocycles. The number of aromatic nitrogens is 2. The van der Waals surface area contributed by atoms with E-state index in [9.17, 15) is 4.79 Å². The second kappa shape index (κ2) is 7.36. The molecule has 1 aliphatic rings. The van der Waals surface area contributed by atoms with Gasteiger partial charge in [0.05, 0.1) is 11.3 Å². The van der Waals surface area contributed by atoms with E-state index in [0.717, 1.165) is 12.1 Å². The maximum absolute atomic E-state index is 12.3. The topological polar surface area (TPSA) is 50.2 Å². The highest BCUT2D eigenvalue weighted by Gasteiger charge is 2.18. The predicted octanol–water partition coefficient (Wildman–Crippen LogP) is 2.91. The number of benzene rings is 1. The molecule has 0 spiro atoms. The first-order chi connectivity index (χ1) is 11.5. The zero-order valence-corrected chi connectivity index (χ0v) is 14.9. The number of amides is 1. The van der Waals surface area contributed by atoms with Crippen LogP contribution in [0.2, 0.25) is 5.15 Å². The van der Waals surface area contributed by atoms with Gasteiger partial charge >= 0.3 is 0 Å². The van der Waals surface area contributed by atoms with Gasteiger partial charge in [-0.25, -0.2) is 0 Å². The number of likely N-dealkylation sites (tertiary alicyclic amines) is 1. The summed E-state index contributed by atoms with van der Waals surface area (Å²) < 4.78 is 1.51. The van der Waals surface area contributed by atoms with Crippen LogP contribution in [-0.4, -0.2) is 33.7 Å². The Labute approximate surface area is 147 Å². The van der Waals surface area contributed by atoms with Crippen LogP contribution in [0, 0.1) is 6.92 Å². The summed E-state index contributed by atoms with van der Waals surface area (Å²) in [5, 5.41) is 7.45. The Morgan fingerprint density at radius 1 is 1.21 bits per heavy atom. The van der Waals surface area contributed by atoms with Gasteiger partial charge in [-0.2, -0.15) is 5.10 Å². The first-order valence-electron chi connectivity index (χ1n) is 8.32. The van der Waals surface area contributed by atoms with Gasteiger partial charge in [-0.05, 0) is 44.0 Å². The van der Waals surface area contributed by atoms with E-state index in [1.54, 1.807) is 14.0 Å². The summed E-state index contributed by atoms with van der Waals surface area (Å²) in [7, 11) is 1.73. The van der Waals surface area contributed by atoms with Crippen molar-refractivity contribution in [2.45, 2.75) is 32.9 Å². The van der Waals surface area contributed by atoms with Crippen LogP contribution in [-0.2, 0) is 20.1 Å². The van der Waals surface area contributed by atoms with E-state index in [2.05, 4.69) is 39.6 Å². The van der Waals surface area contributed by atoms with E-state index in [0.29, 0.717) is 23.0 Å². The minimum atomic E-state index is -0.188. The molecule has 0 unspecified atom stereocenters. The van der Waals surface area contributed by atoms with Crippen molar-refractivity contribution in [2.24, 2.45) is 7.05 Å². The number of carbonyl (C=O) groups is 1. The number of nitrogens with zero attached hydrogens (tertiary/aromatic N) is 3. The molecule has 0 saturated carbocycles. The molecular formula is C18H23ClN4O. The van der Waals surface area contributed by atoms with Crippen molar-refractivity contribution in [1.29, 1.82) is 0 Å². The Hall–Kier alpha value is -1.85. The molecule has 6 heteroatoms. The molecule has 1 aromatic carbocycles. The summed E-state index contributed by atoms with van der Waals surface area (Å²) in [6.07, 6.45) is 2.61. The minimum Gasteiger partial charge on any atom is -0.348 e. The van der Waals surface area contributed by atoms with Crippen LogP contribution in [0.3, 0.4) is 0 Å². The summed E-state index contributed by atoms with van der Waals surface area (Å²) in [4.78, 5) is 14.8. The first-order valence-corrected chi connectivity index (χ1v) is 8.70. The lowest BCUT2D eigenvalue weighted by Gasteiger charge is -2.14. The molecule has 24 heavy (non-hydrogen) atoms. The fourth-order valence-corrected chi connectivity index (χ4v) is 3.38. The second-order valence-electron chi connectivity index (χ2n) is 6.36. The molecule has 2 heterocycles. The summed E-state index contributed by atoms with van der Waals surface area (Å²) in [6, 6.07) is 8.43. The highest BCUT2D eigenvalue weighted by Crippen LogP contribution is 2.18. The van der Waals surface area contributed by atoms with Gasteiger partial charge in [0, 0.05) is 20.1 Å². The van der Waals surface area contributed by atoms with Crippen molar-refractivity contribution in [3.05, 3.63) is 51.8 Å². The maximum atomic E-state index is 12.3. The fraction of sp³-hybridized carbons (Fsp3) is 0.444. The van der Waals surface area contributed by atoms with Crippen molar-refractivity contribution in [3.8, 4) is 0 Å². The number of aryl methyl sites for hydroxylation is 2. The maximum Gasteiger partial charge on any atom is 0.256 e. The van der Waals surface area contributed by atoms with E-state index >= 15 is 0 Å². The van der Waals surface area contributed by atoms with Crippen LogP contribution in [0.4, 0.5) is 0 Å². The smallest absolute Gasteiger partial charge is 0.256 e. The average Bonchev–Trinajstić information content (AvgIpc) is 3.15. The van der Waals surface area contributed by atoms with E-state index in [-0.39, 0.29) is 5.91 Å². The number of rotatable bonds is 5.